The molecule has 1 heterocycles. The Kier molecular flexibility index (Phi) is 6.58. The van der Waals surface area contributed by atoms with Crippen molar-refractivity contribution in [2.45, 2.75) is 6.92 Å². The lowest BCUT2D eigenvalue weighted by molar-refractivity contribution is -0.385. The van der Waals surface area contributed by atoms with Crippen LogP contribution in [0.15, 0.2) is 35.7 Å². The number of nitrogens with zero attached hydrogens (tertiary/aromatic N) is 1. The second kappa shape index (κ2) is 8.87. The van der Waals surface area contributed by atoms with Crippen LogP contribution in [0.25, 0.3) is 0 Å². The Morgan fingerprint density at radius 1 is 1.27 bits per heavy atom. The lowest BCUT2D eigenvalue weighted by Gasteiger charge is -2.10. The molecule has 0 radical (unpaired) electrons. The van der Waals surface area contributed by atoms with Gasteiger partial charge in [0, 0.05) is 11.6 Å². The molecule has 2 rings (SSSR count). The van der Waals surface area contributed by atoms with E-state index >= 15 is 0 Å². The fraction of sp³-hybridized carbons (Fsp3) is 0.133. The zero-order chi connectivity index (χ0) is 19.1. The van der Waals surface area contributed by atoms with E-state index in [2.05, 4.69) is 16.2 Å². The van der Waals surface area contributed by atoms with Gasteiger partial charge >= 0.3 is 5.69 Å². The molecule has 0 unspecified atom stereocenters. The third-order valence-corrected chi connectivity index (χ3v) is 4.05. The molecule has 0 saturated carbocycles. The molecule has 0 bridgehead atoms. The van der Waals surface area contributed by atoms with Gasteiger partial charge in [-0.3, -0.25) is 35.9 Å². The average Bonchev–Trinajstić information content (AvgIpc) is 3.14. The monoisotopic (exact) mass is 394 g/mol. The van der Waals surface area contributed by atoms with Crippen LogP contribution in [0.5, 0.6) is 5.75 Å². The molecule has 0 aliphatic carbocycles. The van der Waals surface area contributed by atoms with E-state index in [0.29, 0.717) is 4.88 Å². The van der Waals surface area contributed by atoms with E-state index in [1.54, 1.807) is 24.4 Å². The van der Waals surface area contributed by atoms with Gasteiger partial charge in [0.15, 0.2) is 10.9 Å². The summed E-state index contributed by atoms with van der Waals surface area (Å²) in [5.41, 5.74) is 4.42. The van der Waals surface area contributed by atoms with Gasteiger partial charge in [-0.2, -0.15) is 0 Å². The maximum absolute atomic E-state index is 12.2. The molecule has 0 fully saturated rings. The summed E-state index contributed by atoms with van der Waals surface area (Å²) >= 11 is 6.16. The number of ether oxygens (including phenoxy) is 1. The molecule has 0 aliphatic heterocycles. The van der Waals surface area contributed by atoms with Crippen LogP contribution in [0.3, 0.4) is 0 Å². The number of rotatable bonds is 5. The summed E-state index contributed by atoms with van der Waals surface area (Å²) in [4.78, 5) is 34.8. The Labute approximate surface area is 157 Å². The van der Waals surface area contributed by atoms with E-state index in [9.17, 15) is 19.7 Å². The lowest BCUT2D eigenvalue weighted by atomic mass is 10.1. The Morgan fingerprint density at radius 3 is 2.65 bits per heavy atom. The van der Waals surface area contributed by atoms with Crippen LogP contribution in [-0.4, -0.2) is 28.5 Å². The number of benzene rings is 1. The van der Waals surface area contributed by atoms with Crippen LogP contribution in [0, 0.1) is 10.1 Å². The highest BCUT2D eigenvalue weighted by Crippen LogP contribution is 2.27. The highest BCUT2D eigenvalue weighted by molar-refractivity contribution is 7.80. The molecule has 2 amide bonds. The highest BCUT2D eigenvalue weighted by atomic mass is 32.1. The number of nitro benzene ring substituents is 1. The SMILES string of the molecule is CCOc1ccc(C(=O)NC(=S)NNC(=O)c2cccs2)cc1[N+](=O)[O-]. The van der Waals surface area contributed by atoms with Crippen LogP contribution >= 0.6 is 23.6 Å². The molecule has 0 aliphatic rings. The van der Waals surface area contributed by atoms with Crippen molar-refractivity contribution in [1.82, 2.24) is 16.2 Å². The number of hydrogen-bond donors (Lipinski definition) is 3. The molecular formula is C15H14N4O5S2. The van der Waals surface area contributed by atoms with E-state index in [0.717, 1.165) is 6.07 Å². The molecule has 1 aromatic heterocycles. The Morgan fingerprint density at radius 2 is 2.04 bits per heavy atom. The normalized spacial score (nSPS) is 9.88. The zero-order valence-corrected chi connectivity index (χ0v) is 15.1. The van der Waals surface area contributed by atoms with Crippen molar-refractivity contribution in [1.29, 1.82) is 0 Å². The van der Waals surface area contributed by atoms with Crippen LogP contribution in [0.1, 0.15) is 27.0 Å². The molecular weight excluding hydrogens is 380 g/mol. The summed E-state index contributed by atoms with van der Waals surface area (Å²) in [5.74, 6) is -1.01. The van der Waals surface area contributed by atoms with Gasteiger partial charge in [-0.25, -0.2) is 0 Å². The molecule has 3 N–H and O–H groups in total. The first-order valence-electron chi connectivity index (χ1n) is 7.28. The quantitative estimate of drug-likeness (QED) is 0.403. The number of thiocarbonyl (C=S) groups is 1. The predicted molar refractivity (Wildman–Crippen MR) is 99.3 cm³/mol. The van der Waals surface area contributed by atoms with Crippen LogP contribution < -0.4 is 20.9 Å². The standard InChI is InChI=1S/C15H14N4O5S2/c1-2-24-11-6-5-9(8-10(11)19(22)23)13(20)16-15(25)18-17-14(21)12-4-3-7-26-12/h3-8H,2H2,1H3,(H,17,21)(H2,16,18,20,25). The second-order valence-electron chi connectivity index (χ2n) is 4.71. The fourth-order valence-electron chi connectivity index (χ4n) is 1.87. The average molecular weight is 394 g/mol. The Bertz CT molecular complexity index is 839. The first-order chi connectivity index (χ1) is 12.4. The van der Waals surface area contributed by atoms with E-state index < -0.39 is 16.7 Å². The van der Waals surface area contributed by atoms with Crippen LogP contribution in [0.4, 0.5) is 5.69 Å². The number of hydrogen-bond acceptors (Lipinski definition) is 7. The van der Waals surface area contributed by atoms with E-state index in [-0.39, 0.29) is 28.7 Å². The molecule has 0 saturated heterocycles. The Balaban J connectivity index is 1.98. The first kappa shape index (κ1) is 19.3. The lowest BCUT2D eigenvalue weighted by Crippen LogP contribution is -2.48. The maximum atomic E-state index is 12.2. The van der Waals surface area contributed by atoms with Gasteiger partial charge in [0.2, 0.25) is 0 Å². The summed E-state index contributed by atoms with van der Waals surface area (Å²) in [7, 11) is 0. The van der Waals surface area contributed by atoms with Gasteiger partial charge in [0.05, 0.1) is 16.4 Å². The second-order valence-corrected chi connectivity index (χ2v) is 6.07. The maximum Gasteiger partial charge on any atom is 0.311 e. The largest absolute Gasteiger partial charge is 0.487 e. The van der Waals surface area contributed by atoms with Crippen LogP contribution in [-0.2, 0) is 0 Å². The summed E-state index contributed by atoms with van der Waals surface area (Å²) < 4.78 is 5.16. The summed E-state index contributed by atoms with van der Waals surface area (Å²) in [6.07, 6.45) is 0. The predicted octanol–water partition coefficient (Wildman–Crippen LogP) is 2.00. The number of carbonyl (C=O) groups is 2. The van der Waals surface area contributed by atoms with Gasteiger partial charge in [-0.15, -0.1) is 11.3 Å². The van der Waals surface area contributed by atoms with Gasteiger partial charge in [0.1, 0.15) is 0 Å². The minimum Gasteiger partial charge on any atom is -0.487 e. The van der Waals surface area contributed by atoms with E-state index in [4.69, 9.17) is 17.0 Å². The van der Waals surface area contributed by atoms with Gasteiger partial charge in [-0.05, 0) is 42.7 Å². The number of nitro groups is 1. The summed E-state index contributed by atoms with van der Waals surface area (Å²) in [6, 6.07) is 7.15. The van der Waals surface area contributed by atoms with E-state index in [1.807, 2.05) is 0 Å². The number of carbonyl (C=O) groups excluding carboxylic acids is 2. The molecule has 26 heavy (non-hydrogen) atoms. The molecule has 0 atom stereocenters. The van der Waals surface area contributed by atoms with Crippen molar-refractivity contribution in [3.8, 4) is 5.75 Å². The number of amides is 2. The number of thiophene rings is 1. The van der Waals surface area contributed by atoms with Crippen molar-refractivity contribution in [2.75, 3.05) is 6.61 Å². The summed E-state index contributed by atoms with van der Waals surface area (Å²) in [5, 5.41) is 15.0. The molecule has 2 aromatic rings. The fourth-order valence-corrected chi connectivity index (χ4v) is 2.63. The zero-order valence-electron chi connectivity index (χ0n) is 13.5. The molecule has 1 aromatic carbocycles. The van der Waals surface area contributed by atoms with Gasteiger partial charge < -0.3 is 4.74 Å². The van der Waals surface area contributed by atoms with E-state index in [1.165, 1.54) is 23.5 Å². The molecule has 9 nitrogen and oxygen atoms in total. The topological polar surface area (TPSA) is 123 Å². The van der Waals surface area contributed by atoms with Gasteiger partial charge in [0.25, 0.3) is 11.8 Å². The minimum absolute atomic E-state index is 0.0221. The number of hydrazine groups is 1. The number of nitrogens with one attached hydrogen (secondary N) is 3. The highest BCUT2D eigenvalue weighted by Gasteiger charge is 2.19. The Hall–Kier alpha value is -3.05. The van der Waals surface area contributed by atoms with Gasteiger partial charge in [-0.1, -0.05) is 6.07 Å². The smallest absolute Gasteiger partial charge is 0.311 e. The van der Waals surface area contributed by atoms with Crippen molar-refractivity contribution in [3.63, 3.8) is 0 Å². The van der Waals surface area contributed by atoms with Crippen molar-refractivity contribution in [2.24, 2.45) is 0 Å². The third kappa shape index (κ3) is 4.97. The first-order valence-corrected chi connectivity index (χ1v) is 8.57. The molecule has 0 spiro atoms. The molecule has 11 heteroatoms. The summed E-state index contributed by atoms with van der Waals surface area (Å²) in [6.45, 7) is 1.95. The minimum atomic E-state index is -0.668. The van der Waals surface area contributed by atoms with Crippen molar-refractivity contribution in [3.05, 3.63) is 56.3 Å². The van der Waals surface area contributed by atoms with Crippen molar-refractivity contribution >= 4 is 46.2 Å². The molecule has 136 valence electrons. The van der Waals surface area contributed by atoms with Crippen LogP contribution in [0.2, 0.25) is 0 Å². The van der Waals surface area contributed by atoms with Crippen molar-refractivity contribution < 1.29 is 19.2 Å². The third-order valence-electron chi connectivity index (χ3n) is 2.98.